The van der Waals surface area contributed by atoms with Crippen molar-refractivity contribution < 1.29 is 23.9 Å². The van der Waals surface area contributed by atoms with E-state index in [4.69, 9.17) is 15.1 Å². The lowest BCUT2D eigenvalue weighted by Gasteiger charge is -2.24. The van der Waals surface area contributed by atoms with Gasteiger partial charge in [0.1, 0.15) is 30.0 Å². The maximum Gasteiger partial charge on any atom is 0.287 e. The van der Waals surface area contributed by atoms with Crippen LogP contribution in [0.15, 0.2) is 36.9 Å². The first-order valence-electron chi connectivity index (χ1n) is 14.7. The number of ether oxygens (including phenoxy) is 1. The highest BCUT2D eigenvalue weighted by molar-refractivity contribution is 5.89. The van der Waals surface area contributed by atoms with Crippen molar-refractivity contribution in [3.63, 3.8) is 0 Å². The van der Waals surface area contributed by atoms with Gasteiger partial charge < -0.3 is 26.0 Å². The zero-order valence-electron chi connectivity index (χ0n) is 24.8. The smallest absolute Gasteiger partial charge is 0.287 e. The van der Waals surface area contributed by atoms with E-state index in [0.717, 1.165) is 73.8 Å². The van der Waals surface area contributed by atoms with E-state index in [2.05, 4.69) is 43.0 Å². The number of anilines is 3. The summed E-state index contributed by atoms with van der Waals surface area (Å²) in [5.41, 5.74) is 3.08. The number of aromatic nitrogens is 4. The fraction of sp³-hybridized carbons (Fsp3) is 0.467. The molecule has 3 aromatic heterocycles. The van der Waals surface area contributed by atoms with Crippen molar-refractivity contribution in [2.75, 3.05) is 55.8 Å². The molecule has 0 aromatic carbocycles. The molecule has 3 aromatic rings. The molecule has 0 amide bonds. The Morgan fingerprint density at radius 2 is 2.16 bits per heavy atom. The third kappa shape index (κ3) is 9.05. The van der Waals surface area contributed by atoms with Crippen LogP contribution in [0, 0.1) is 11.2 Å². The monoisotopic (exact) mass is 594 g/mol. The summed E-state index contributed by atoms with van der Waals surface area (Å²) < 4.78 is 20.1. The Morgan fingerprint density at radius 1 is 1.30 bits per heavy atom. The zero-order chi connectivity index (χ0) is 30.6. The Labute approximate surface area is 251 Å². The van der Waals surface area contributed by atoms with E-state index in [-0.39, 0.29) is 11.6 Å². The first-order valence-corrected chi connectivity index (χ1v) is 14.7. The highest BCUT2D eigenvalue weighted by Gasteiger charge is 2.26. The molecule has 0 saturated carbocycles. The Hall–Kier alpha value is -4.39. The number of carbonyl (C=O) groups is 1. The number of carbonyl (C=O) groups excluding carboxylic acids is 1. The lowest BCUT2D eigenvalue weighted by atomic mass is 10.1. The Bertz CT molecular complexity index is 1390. The average molecular weight is 595 g/mol. The molecule has 1 aliphatic rings. The summed E-state index contributed by atoms with van der Waals surface area (Å²) in [5, 5.41) is 27.5. The minimum Gasteiger partial charge on any atom is -0.491 e. The number of rotatable bonds is 17. The molecule has 0 aliphatic carbocycles. The van der Waals surface area contributed by atoms with E-state index in [1.165, 1.54) is 31.1 Å². The first kappa shape index (κ1) is 31.5. The maximum absolute atomic E-state index is 13.5. The summed E-state index contributed by atoms with van der Waals surface area (Å²) in [6.45, 7) is 4.70. The van der Waals surface area contributed by atoms with Gasteiger partial charge in [-0.2, -0.15) is 0 Å². The van der Waals surface area contributed by atoms with E-state index < -0.39 is 11.9 Å². The molecule has 43 heavy (non-hydrogen) atoms. The highest BCUT2D eigenvalue weighted by Crippen LogP contribution is 2.22. The van der Waals surface area contributed by atoms with Gasteiger partial charge in [0.2, 0.25) is 0 Å². The quantitative estimate of drug-likeness (QED) is 0.0682. The number of fused-ring (bicyclic) bond motifs is 1. The molecule has 0 spiro atoms. The molecule has 4 rings (SSSR count). The van der Waals surface area contributed by atoms with Crippen molar-refractivity contribution in [1.82, 2.24) is 19.9 Å². The van der Waals surface area contributed by atoms with Gasteiger partial charge in [-0.1, -0.05) is 10.8 Å². The second kappa shape index (κ2) is 15.7. The van der Waals surface area contributed by atoms with Gasteiger partial charge in [-0.15, -0.1) is 4.98 Å². The topological polar surface area (TPSA) is 152 Å². The van der Waals surface area contributed by atoms with E-state index in [0.29, 0.717) is 43.2 Å². The van der Waals surface area contributed by atoms with Gasteiger partial charge in [0, 0.05) is 44.9 Å². The van der Waals surface area contributed by atoms with E-state index in [9.17, 15) is 14.4 Å². The molecule has 0 bridgehead atoms. The summed E-state index contributed by atoms with van der Waals surface area (Å²) in [4.78, 5) is 27.5. The molecule has 230 valence electrons. The van der Waals surface area contributed by atoms with Gasteiger partial charge >= 0.3 is 0 Å². The first-order chi connectivity index (χ1) is 20.9. The average Bonchev–Trinajstić information content (AvgIpc) is 3.01. The van der Waals surface area contributed by atoms with E-state index in [1.54, 1.807) is 7.05 Å². The fourth-order valence-corrected chi connectivity index (χ4v) is 5.07. The van der Waals surface area contributed by atoms with Crippen LogP contribution in [-0.2, 0) is 17.6 Å². The van der Waals surface area contributed by atoms with Crippen LogP contribution >= 0.6 is 0 Å². The van der Waals surface area contributed by atoms with Gasteiger partial charge in [0.15, 0.2) is 17.2 Å². The number of aryl methyl sites for hydroxylation is 2. The predicted octanol–water partition coefficient (Wildman–Crippen LogP) is 3.10. The second-order valence-corrected chi connectivity index (χ2v) is 10.5. The van der Waals surface area contributed by atoms with E-state index in [1.807, 2.05) is 0 Å². The number of nitrogens with zero attached hydrogens (tertiary/aromatic N) is 5. The Kier molecular flexibility index (Phi) is 11.5. The van der Waals surface area contributed by atoms with Crippen LogP contribution < -0.4 is 25.4 Å². The lowest BCUT2D eigenvalue weighted by Crippen LogP contribution is -2.42. The molecule has 0 saturated heterocycles. The maximum atomic E-state index is 13.5. The number of Topliss-reactive ketones (excluding diaryl/α,β-unsaturated/α-hetero) is 1. The standard InChI is InChI=1S/C30H40FN9O3/c1-21(41)26(38-30-28(33-2)27(17-32)36-20-40(30)42)10-13-39(14-15-43-25-16-23(31)18-34-19-25)12-4-3-7-24-9-8-22-6-5-11-35-29(22)37-24/h8-9,16-20,26,42H,3-7,10-15H2,1-2H3,(H3,32,33,35,37)/p+1/t26-/m0/s1. The molecule has 1 aliphatic heterocycles. The molecule has 4 heterocycles. The van der Waals surface area contributed by atoms with Gasteiger partial charge in [-0.25, -0.2) is 9.37 Å². The van der Waals surface area contributed by atoms with Gasteiger partial charge in [0.25, 0.3) is 12.1 Å². The number of halogens is 1. The minimum atomic E-state index is -0.602. The molecule has 0 fully saturated rings. The molecule has 1 atom stereocenters. The summed E-state index contributed by atoms with van der Waals surface area (Å²) in [6.07, 6.45) is 10.2. The molecule has 12 nitrogen and oxygen atoms in total. The van der Waals surface area contributed by atoms with Crippen molar-refractivity contribution in [3.05, 3.63) is 59.7 Å². The number of ketones is 1. The number of nitrogens with one attached hydrogen (secondary N) is 4. The van der Waals surface area contributed by atoms with Crippen LogP contribution in [0.25, 0.3) is 0 Å². The summed E-state index contributed by atoms with van der Waals surface area (Å²) >= 11 is 0. The van der Waals surface area contributed by atoms with Crippen LogP contribution in [0.5, 0.6) is 5.75 Å². The van der Waals surface area contributed by atoms with Crippen molar-refractivity contribution in [3.8, 4) is 5.75 Å². The van der Waals surface area contributed by atoms with Crippen molar-refractivity contribution >= 4 is 29.3 Å². The molecule has 5 N–H and O–H groups in total. The molecule has 13 heteroatoms. The zero-order valence-corrected chi connectivity index (χ0v) is 24.8. The number of hydrogen-bond donors (Lipinski definition) is 5. The van der Waals surface area contributed by atoms with Crippen LogP contribution in [0.2, 0.25) is 0 Å². The van der Waals surface area contributed by atoms with Crippen LogP contribution in [0.4, 0.5) is 21.7 Å². The molecular formula is C30H41FN9O3+. The highest BCUT2D eigenvalue weighted by atomic mass is 19.1. The second-order valence-electron chi connectivity index (χ2n) is 10.5. The predicted molar refractivity (Wildman–Crippen MR) is 162 cm³/mol. The molecular weight excluding hydrogens is 553 g/mol. The third-order valence-electron chi connectivity index (χ3n) is 7.42. The summed E-state index contributed by atoms with van der Waals surface area (Å²) in [7, 11) is 1.66. The Balaban J connectivity index is 1.37. The van der Waals surface area contributed by atoms with Gasteiger partial charge in [-0.3, -0.25) is 20.0 Å². The van der Waals surface area contributed by atoms with Crippen molar-refractivity contribution in [1.29, 1.82) is 5.41 Å². The van der Waals surface area contributed by atoms with E-state index >= 15 is 0 Å². The minimum absolute atomic E-state index is 0.0932. The van der Waals surface area contributed by atoms with Crippen LogP contribution in [0.3, 0.4) is 0 Å². The summed E-state index contributed by atoms with van der Waals surface area (Å²) in [6, 6.07) is 4.99. The SMILES string of the molecule is CNc1c(C=N)nc[n+](O)c1N[C@@H](CCN(CCCCc1ccc2c(n1)NCCC2)CCOc1cncc(F)c1)C(C)=O. The van der Waals surface area contributed by atoms with Crippen LogP contribution in [0.1, 0.15) is 49.6 Å². The number of pyridine rings is 2. The molecule has 0 unspecified atom stereocenters. The lowest BCUT2D eigenvalue weighted by molar-refractivity contribution is -0.895. The van der Waals surface area contributed by atoms with Gasteiger partial charge in [0.05, 0.1) is 18.6 Å². The number of unbranched alkanes of at least 4 members (excludes halogenated alkanes) is 1. The Morgan fingerprint density at radius 3 is 2.93 bits per heavy atom. The van der Waals surface area contributed by atoms with Crippen molar-refractivity contribution in [2.45, 2.75) is 51.5 Å². The summed E-state index contributed by atoms with van der Waals surface area (Å²) in [5.74, 6) is 1.06. The van der Waals surface area contributed by atoms with Crippen molar-refractivity contribution in [2.24, 2.45) is 0 Å². The normalized spacial score (nSPS) is 13.1. The third-order valence-corrected chi connectivity index (χ3v) is 7.42. The van der Waals surface area contributed by atoms with Gasteiger partial charge in [-0.05, 0) is 57.2 Å². The van der Waals surface area contributed by atoms with Crippen LogP contribution in [-0.4, -0.2) is 82.9 Å². The largest absolute Gasteiger partial charge is 0.491 e. The number of hydrogen-bond acceptors (Lipinski definition) is 11. The fourth-order valence-electron chi connectivity index (χ4n) is 5.07. The molecule has 0 radical (unpaired) electrons.